The van der Waals surface area contributed by atoms with Crippen molar-refractivity contribution in [3.8, 4) is 5.75 Å². The molecule has 0 bridgehead atoms. The van der Waals surface area contributed by atoms with Crippen LogP contribution in [0.5, 0.6) is 5.75 Å². The number of methoxy groups -OCH3 is 1. The van der Waals surface area contributed by atoms with Gasteiger partial charge in [0, 0.05) is 25.3 Å². The summed E-state index contributed by atoms with van der Waals surface area (Å²) in [4.78, 5) is 13.9. The van der Waals surface area contributed by atoms with Crippen LogP contribution in [0.3, 0.4) is 0 Å². The number of aliphatic hydroxyl groups excluding tert-OH is 1. The lowest BCUT2D eigenvalue weighted by Crippen LogP contribution is -2.38. The Labute approximate surface area is 107 Å². The number of hydrogen-bond acceptors (Lipinski definition) is 3. The first-order valence-electron chi connectivity index (χ1n) is 6.22. The molecule has 0 spiro atoms. The van der Waals surface area contributed by atoms with Gasteiger partial charge in [-0.25, -0.2) is 0 Å². The highest BCUT2D eigenvalue weighted by Crippen LogP contribution is 2.33. The fraction of sp³-hybridized carbons (Fsp3) is 0.500. The molecule has 0 saturated heterocycles. The van der Waals surface area contributed by atoms with Gasteiger partial charge in [-0.2, -0.15) is 0 Å². The van der Waals surface area contributed by atoms with Crippen molar-refractivity contribution in [2.24, 2.45) is 5.92 Å². The molecule has 4 nitrogen and oxygen atoms in total. The van der Waals surface area contributed by atoms with Gasteiger partial charge in [-0.3, -0.25) is 4.79 Å². The Morgan fingerprint density at radius 1 is 1.50 bits per heavy atom. The van der Waals surface area contributed by atoms with E-state index in [-0.39, 0.29) is 18.4 Å². The lowest BCUT2D eigenvalue weighted by Gasteiger charge is -2.31. The Morgan fingerprint density at radius 3 is 2.94 bits per heavy atom. The summed E-state index contributed by atoms with van der Waals surface area (Å²) in [7, 11) is 3.45. The number of amides is 1. The summed E-state index contributed by atoms with van der Waals surface area (Å²) in [6, 6.07) is 5.79. The molecule has 2 rings (SSSR count). The number of carbonyl (C=O) groups excluding carboxylic acids is 1. The molecule has 98 valence electrons. The first-order chi connectivity index (χ1) is 8.67. The van der Waals surface area contributed by atoms with Crippen LogP contribution in [0.1, 0.15) is 18.4 Å². The van der Waals surface area contributed by atoms with Crippen molar-refractivity contribution >= 4 is 11.6 Å². The van der Waals surface area contributed by atoms with Gasteiger partial charge in [0.25, 0.3) is 0 Å². The normalized spacial score (nSPS) is 18.7. The van der Waals surface area contributed by atoms with Crippen LogP contribution in [0.25, 0.3) is 0 Å². The van der Waals surface area contributed by atoms with Crippen LogP contribution < -0.4 is 9.64 Å². The second kappa shape index (κ2) is 5.40. The van der Waals surface area contributed by atoms with E-state index in [2.05, 4.69) is 0 Å². The molecule has 18 heavy (non-hydrogen) atoms. The SMILES string of the molecule is COc1ccc2c(c1)C[C@@H](CCCO)C(=O)N2C. The molecule has 1 heterocycles. The summed E-state index contributed by atoms with van der Waals surface area (Å²) in [6.45, 7) is 0.137. The third-order valence-electron chi connectivity index (χ3n) is 3.50. The second-order valence-electron chi connectivity index (χ2n) is 4.66. The molecule has 0 saturated carbocycles. The summed E-state index contributed by atoms with van der Waals surface area (Å²) < 4.78 is 5.22. The zero-order chi connectivity index (χ0) is 13.1. The largest absolute Gasteiger partial charge is 0.497 e. The molecule has 0 aromatic heterocycles. The number of rotatable bonds is 4. The van der Waals surface area contributed by atoms with Gasteiger partial charge in [-0.1, -0.05) is 0 Å². The highest BCUT2D eigenvalue weighted by Gasteiger charge is 2.30. The van der Waals surface area contributed by atoms with Gasteiger partial charge in [0.15, 0.2) is 0 Å². The van der Waals surface area contributed by atoms with Crippen LogP contribution in [0.2, 0.25) is 0 Å². The summed E-state index contributed by atoms with van der Waals surface area (Å²) in [5.74, 6) is 0.931. The average Bonchev–Trinajstić information content (AvgIpc) is 2.40. The first-order valence-corrected chi connectivity index (χ1v) is 6.22. The van der Waals surface area contributed by atoms with Crippen molar-refractivity contribution in [3.63, 3.8) is 0 Å². The standard InChI is InChI=1S/C14H19NO3/c1-15-13-6-5-12(18-2)9-11(13)8-10(14(15)17)4-3-7-16/h5-6,9-10,16H,3-4,7-8H2,1-2H3/t10-/m1/s1. The van der Waals surface area contributed by atoms with Crippen molar-refractivity contribution in [1.82, 2.24) is 0 Å². The number of aliphatic hydroxyl groups is 1. The zero-order valence-corrected chi connectivity index (χ0v) is 10.8. The van der Waals surface area contributed by atoms with Crippen molar-refractivity contribution in [2.75, 3.05) is 25.7 Å². The number of fused-ring (bicyclic) bond motifs is 1. The van der Waals surface area contributed by atoms with Gasteiger partial charge < -0.3 is 14.7 Å². The average molecular weight is 249 g/mol. The van der Waals surface area contributed by atoms with Crippen LogP contribution in [0, 0.1) is 5.92 Å². The van der Waals surface area contributed by atoms with Gasteiger partial charge in [-0.05, 0) is 43.0 Å². The van der Waals surface area contributed by atoms with E-state index in [0.717, 1.165) is 29.8 Å². The van der Waals surface area contributed by atoms with E-state index in [1.807, 2.05) is 18.2 Å². The second-order valence-corrected chi connectivity index (χ2v) is 4.66. The van der Waals surface area contributed by atoms with E-state index in [1.165, 1.54) is 0 Å². The first kappa shape index (κ1) is 12.9. The highest BCUT2D eigenvalue weighted by molar-refractivity contribution is 5.97. The van der Waals surface area contributed by atoms with Crippen LogP contribution in [0.15, 0.2) is 18.2 Å². The topological polar surface area (TPSA) is 49.8 Å². The fourth-order valence-corrected chi connectivity index (χ4v) is 2.49. The van der Waals surface area contributed by atoms with Crippen LogP contribution in [0.4, 0.5) is 5.69 Å². The maximum atomic E-state index is 12.2. The molecule has 4 heteroatoms. The summed E-state index contributed by atoms with van der Waals surface area (Å²) >= 11 is 0. The van der Waals surface area contributed by atoms with Gasteiger partial charge in [-0.15, -0.1) is 0 Å². The van der Waals surface area contributed by atoms with Crippen molar-refractivity contribution in [3.05, 3.63) is 23.8 Å². The lowest BCUT2D eigenvalue weighted by molar-refractivity contribution is -0.122. The minimum absolute atomic E-state index is 0.0262. The van der Waals surface area contributed by atoms with Crippen molar-refractivity contribution in [2.45, 2.75) is 19.3 Å². The molecule has 1 aromatic carbocycles. The van der Waals surface area contributed by atoms with E-state index in [1.54, 1.807) is 19.1 Å². The molecular weight excluding hydrogens is 230 g/mol. The zero-order valence-electron chi connectivity index (χ0n) is 10.8. The molecule has 0 radical (unpaired) electrons. The summed E-state index contributed by atoms with van der Waals surface area (Å²) in [6.07, 6.45) is 2.13. The Bertz CT molecular complexity index is 445. The Morgan fingerprint density at radius 2 is 2.28 bits per heavy atom. The predicted molar refractivity (Wildman–Crippen MR) is 69.9 cm³/mol. The van der Waals surface area contributed by atoms with Gasteiger partial charge in [0.2, 0.25) is 5.91 Å². The maximum Gasteiger partial charge on any atom is 0.230 e. The smallest absolute Gasteiger partial charge is 0.230 e. The maximum absolute atomic E-state index is 12.2. The molecule has 0 fully saturated rings. The summed E-state index contributed by atoms with van der Waals surface area (Å²) in [5, 5.41) is 8.88. The van der Waals surface area contributed by atoms with E-state index in [9.17, 15) is 4.79 Å². The Kier molecular flexibility index (Phi) is 3.87. The molecule has 1 amide bonds. The molecule has 1 atom stereocenters. The monoisotopic (exact) mass is 249 g/mol. The lowest BCUT2D eigenvalue weighted by atomic mass is 9.88. The number of hydrogen-bond donors (Lipinski definition) is 1. The molecule has 1 N–H and O–H groups in total. The molecule has 1 aliphatic rings. The van der Waals surface area contributed by atoms with E-state index in [0.29, 0.717) is 6.42 Å². The number of benzene rings is 1. The molecule has 1 aromatic rings. The van der Waals surface area contributed by atoms with Gasteiger partial charge in [0.1, 0.15) is 5.75 Å². The molecule has 1 aliphatic heterocycles. The Balaban J connectivity index is 2.26. The number of carbonyl (C=O) groups is 1. The van der Waals surface area contributed by atoms with Crippen LogP contribution in [-0.4, -0.2) is 31.8 Å². The fourth-order valence-electron chi connectivity index (χ4n) is 2.49. The van der Waals surface area contributed by atoms with Crippen LogP contribution >= 0.6 is 0 Å². The van der Waals surface area contributed by atoms with Gasteiger partial charge in [0.05, 0.1) is 7.11 Å². The van der Waals surface area contributed by atoms with Gasteiger partial charge >= 0.3 is 0 Å². The van der Waals surface area contributed by atoms with E-state index >= 15 is 0 Å². The van der Waals surface area contributed by atoms with Crippen LogP contribution in [-0.2, 0) is 11.2 Å². The number of nitrogens with zero attached hydrogens (tertiary/aromatic N) is 1. The van der Waals surface area contributed by atoms with E-state index < -0.39 is 0 Å². The minimum atomic E-state index is -0.0262. The number of anilines is 1. The molecular formula is C14H19NO3. The quantitative estimate of drug-likeness (QED) is 0.881. The predicted octanol–water partition coefficient (Wildman–Crippen LogP) is 1.60. The third-order valence-corrected chi connectivity index (χ3v) is 3.50. The third kappa shape index (κ3) is 2.34. The molecule has 0 unspecified atom stereocenters. The van der Waals surface area contributed by atoms with Crippen molar-refractivity contribution < 1.29 is 14.6 Å². The summed E-state index contributed by atoms with van der Waals surface area (Å²) in [5.41, 5.74) is 2.10. The Hall–Kier alpha value is -1.55. The number of ether oxygens (including phenoxy) is 1. The minimum Gasteiger partial charge on any atom is -0.497 e. The molecule has 0 aliphatic carbocycles. The van der Waals surface area contributed by atoms with E-state index in [4.69, 9.17) is 9.84 Å². The highest BCUT2D eigenvalue weighted by atomic mass is 16.5. The van der Waals surface area contributed by atoms with Crippen molar-refractivity contribution in [1.29, 1.82) is 0 Å².